The van der Waals surface area contributed by atoms with Crippen LogP contribution in [0.4, 0.5) is 5.13 Å². The molecule has 0 aliphatic carbocycles. The van der Waals surface area contributed by atoms with Gasteiger partial charge < -0.3 is 15.2 Å². The average molecular weight is 409 g/mol. The fraction of sp³-hybridized carbons (Fsp3) is 0.391. The van der Waals surface area contributed by atoms with Gasteiger partial charge in [-0.15, -0.1) is 11.3 Å². The van der Waals surface area contributed by atoms with Gasteiger partial charge in [0.1, 0.15) is 0 Å². The SMILES string of the molecule is CCCCNc1nc(C2(c3ccccc3)CCN(C(=O)c3cc[nH]c3)CC2)cs1. The summed E-state index contributed by atoms with van der Waals surface area (Å²) in [5.41, 5.74) is 3.01. The van der Waals surface area contributed by atoms with Crippen LogP contribution in [0.2, 0.25) is 0 Å². The molecule has 0 unspecified atom stereocenters. The summed E-state index contributed by atoms with van der Waals surface area (Å²) in [7, 11) is 0. The van der Waals surface area contributed by atoms with Crippen LogP contribution >= 0.6 is 11.3 Å². The molecule has 1 aliphatic rings. The summed E-state index contributed by atoms with van der Waals surface area (Å²) in [4.78, 5) is 22.7. The molecule has 3 aromatic rings. The summed E-state index contributed by atoms with van der Waals surface area (Å²) in [5, 5.41) is 6.65. The zero-order valence-electron chi connectivity index (χ0n) is 16.9. The maximum Gasteiger partial charge on any atom is 0.255 e. The fourth-order valence-electron chi connectivity index (χ4n) is 4.13. The van der Waals surface area contributed by atoms with E-state index in [1.807, 2.05) is 11.0 Å². The first kappa shape index (κ1) is 19.7. The summed E-state index contributed by atoms with van der Waals surface area (Å²) in [5.74, 6) is 0.105. The van der Waals surface area contributed by atoms with Crippen LogP contribution in [0.3, 0.4) is 0 Å². The highest BCUT2D eigenvalue weighted by Crippen LogP contribution is 2.42. The highest BCUT2D eigenvalue weighted by molar-refractivity contribution is 7.13. The number of piperidine rings is 1. The lowest BCUT2D eigenvalue weighted by Gasteiger charge is -2.41. The number of anilines is 1. The number of aromatic nitrogens is 2. The molecule has 2 aromatic heterocycles. The van der Waals surface area contributed by atoms with E-state index >= 15 is 0 Å². The molecular weight excluding hydrogens is 380 g/mol. The quantitative estimate of drug-likeness (QED) is 0.546. The van der Waals surface area contributed by atoms with Crippen LogP contribution in [0.25, 0.3) is 0 Å². The molecule has 1 saturated heterocycles. The van der Waals surface area contributed by atoms with Gasteiger partial charge in [-0.3, -0.25) is 4.79 Å². The molecule has 4 rings (SSSR count). The van der Waals surface area contributed by atoms with Gasteiger partial charge in [0, 0.05) is 42.8 Å². The number of nitrogens with zero attached hydrogens (tertiary/aromatic N) is 2. The van der Waals surface area contributed by atoms with Gasteiger partial charge in [0.2, 0.25) is 0 Å². The van der Waals surface area contributed by atoms with Crippen molar-refractivity contribution in [2.75, 3.05) is 25.0 Å². The van der Waals surface area contributed by atoms with Gasteiger partial charge in [-0.05, 0) is 30.9 Å². The van der Waals surface area contributed by atoms with E-state index in [9.17, 15) is 4.79 Å². The smallest absolute Gasteiger partial charge is 0.255 e. The number of rotatable bonds is 7. The first-order valence-corrected chi connectivity index (χ1v) is 11.3. The largest absolute Gasteiger partial charge is 0.367 e. The van der Waals surface area contributed by atoms with Gasteiger partial charge in [-0.25, -0.2) is 4.98 Å². The number of thiazole rings is 1. The normalized spacial score (nSPS) is 16.0. The van der Waals surface area contributed by atoms with Crippen molar-refractivity contribution in [2.24, 2.45) is 0 Å². The molecule has 1 fully saturated rings. The van der Waals surface area contributed by atoms with Crippen LogP contribution in [0, 0.1) is 0 Å². The van der Waals surface area contributed by atoms with Crippen LogP contribution in [0.5, 0.6) is 0 Å². The number of aromatic amines is 1. The molecule has 5 nitrogen and oxygen atoms in total. The third-order valence-electron chi connectivity index (χ3n) is 5.88. The number of carbonyl (C=O) groups is 1. The van der Waals surface area contributed by atoms with Crippen LogP contribution in [0.15, 0.2) is 54.2 Å². The predicted molar refractivity (Wildman–Crippen MR) is 119 cm³/mol. The number of H-pyrrole nitrogens is 1. The molecule has 29 heavy (non-hydrogen) atoms. The number of hydrogen-bond donors (Lipinski definition) is 2. The van der Waals surface area contributed by atoms with E-state index in [2.05, 4.69) is 52.9 Å². The van der Waals surface area contributed by atoms with Crippen LogP contribution in [0.1, 0.15) is 54.2 Å². The van der Waals surface area contributed by atoms with Gasteiger partial charge >= 0.3 is 0 Å². The molecular formula is C23H28N4OS. The highest BCUT2D eigenvalue weighted by Gasteiger charge is 2.41. The van der Waals surface area contributed by atoms with E-state index < -0.39 is 0 Å². The second kappa shape index (κ2) is 8.82. The van der Waals surface area contributed by atoms with E-state index in [1.54, 1.807) is 23.7 Å². The molecule has 1 aromatic carbocycles. The fourth-order valence-corrected chi connectivity index (χ4v) is 4.97. The molecule has 2 N–H and O–H groups in total. The zero-order valence-corrected chi connectivity index (χ0v) is 17.7. The molecule has 6 heteroatoms. The molecule has 0 spiro atoms. The van der Waals surface area contributed by atoms with E-state index in [-0.39, 0.29) is 11.3 Å². The van der Waals surface area contributed by atoms with Crippen LogP contribution in [-0.2, 0) is 5.41 Å². The Morgan fingerprint density at radius 3 is 2.72 bits per heavy atom. The van der Waals surface area contributed by atoms with Crippen molar-refractivity contribution in [3.8, 4) is 0 Å². The van der Waals surface area contributed by atoms with E-state index in [0.717, 1.165) is 55.3 Å². The van der Waals surface area contributed by atoms with Crippen LogP contribution in [-0.4, -0.2) is 40.4 Å². The van der Waals surface area contributed by atoms with Gasteiger partial charge in [-0.1, -0.05) is 43.7 Å². The number of likely N-dealkylation sites (tertiary alicyclic amines) is 1. The highest BCUT2D eigenvalue weighted by atomic mass is 32.1. The monoisotopic (exact) mass is 408 g/mol. The molecule has 3 heterocycles. The maximum atomic E-state index is 12.8. The van der Waals surface area contributed by atoms with Crippen molar-refractivity contribution in [3.63, 3.8) is 0 Å². The number of benzene rings is 1. The number of carbonyl (C=O) groups excluding carboxylic acids is 1. The summed E-state index contributed by atoms with van der Waals surface area (Å²) >= 11 is 1.69. The molecule has 0 bridgehead atoms. The summed E-state index contributed by atoms with van der Waals surface area (Å²) in [6, 6.07) is 12.5. The molecule has 1 aliphatic heterocycles. The standard InChI is InChI=1S/C23H28N4OS/c1-2-3-12-25-22-26-20(17-29-22)23(19-7-5-4-6-8-19)10-14-27(15-11-23)21(28)18-9-13-24-16-18/h4-9,13,16-17,24H,2-3,10-12,14-15H2,1H3,(H,25,26). The second-order valence-electron chi connectivity index (χ2n) is 7.66. The van der Waals surface area contributed by atoms with Crippen molar-refractivity contribution < 1.29 is 4.79 Å². The average Bonchev–Trinajstić information content (AvgIpc) is 3.47. The minimum absolute atomic E-state index is 0.105. The Bertz CT molecular complexity index is 912. The van der Waals surface area contributed by atoms with Crippen molar-refractivity contribution in [1.29, 1.82) is 0 Å². The topological polar surface area (TPSA) is 61.0 Å². The first-order valence-electron chi connectivity index (χ1n) is 10.4. The van der Waals surface area contributed by atoms with Gasteiger partial charge in [-0.2, -0.15) is 0 Å². The Morgan fingerprint density at radius 2 is 2.03 bits per heavy atom. The predicted octanol–water partition coefficient (Wildman–Crippen LogP) is 4.91. The minimum Gasteiger partial charge on any atom is -0.367 e. The summed E-state index contributed by atoms with van der Waals surface area (Å²) in [6.45, 7) is 4.62. The summed E-state index contributed by atoms with van der Waals surface area (Å²) in [6.07, 6.45) is 7.65. The first-order chi connectivity index (χ1) is 14.2. The maximum absolute atomic E-state index is 12.8. The lowest BCUT2D eigenvalue weighted by molar-refractivity contribution is 0.0684. The van der Waals surface area contributed by atoms with Gasteiger partial charge in [0.15, 0.2) is 5.13 Å². The van der Waals surface area contributed by atoms with E-state index in [1.165, 1.54) is 12.0 Å². The molecule has 0 radical (unpaired) electrons. The lowest BCUT2D eigenvalue weighted by Crippen LogP contribution is -2.45. The molecule has 0 saturated carbocycles. The second-order valence-corrected chi connectivity index (χ2v) is 8.52. The minimum atomic E-state index is -0.141. The Morgan fingerprint density at radius 1 is 1.24 bits per heavy atom. The number of nitrogens with one attached hydrogen (secondary N) is 2. The third kappa shape index (κ3) is 4.08. The lowest BCUT2D eigenvalue weighted by atomic mass is 9.70. The number of unbranched alkanes of at least 4 members (excludes halogenated alkanes) is 1. The van der Waals surface area contributed by atoms with Gasteiger partial charge in [0.05, 0.1) is 11.3 Å². The van der Waals surface area contributed by atoms with Crippen molar-refractivity contribution >= 4 is 22.4 Å². The molecule has 1 amide bonds. The van der Waals surface area contributed by atoms with Gasteiger partial charge in [0.25, 0.3) is 5.91 Å². The van der Waals surface area contributed by atoms with Crippen molar-refractivity contribution in [3.05, 3.63) is 71.0 Å². The Labute approximate surface area is 176 Å². The Hall–Kier alpha value is -2.60. The molecule has 0 atom stereocenters. The number of amides is 1. The van der Waals surface area contributed by atoms with Crippen molar-refractivity contribution in [1.82, 2.24) is 14.9 Å². The third-order valence-corrected chi connectivity index (χ3v) is 6.68. The van der Waals surface area contributed by atoms with Crippen molar-refractivity contribution in [2.45, 2.75) is 38.0 Å². The molecule has 152 valence electrons. The Kier molecular flexibility index (Phi) is 6.00. The van der Waals surface area contributed by atoms with E-state index in [0.29, 0.717) is 0 Å². The summed E-state index contributed by atoms with van der Waals surface area (Å²) < 4.78 is 0. The zero-order chi connectivity index (χ0) is 20.1. The number of hydrogen-bond acceptors (Lipinski definition) is 4. The Balaban J connectivity index is 1.57. The van der Waals surface area contributed by atoms with Crippen LogP contribution < -0.4 is 5.32 Å². The van der Waals surface area contributed by atoms with E-state index in [4.69, 9.17) is 4.98 Å².